The summed E-state index contributed by atoms with van der Waals surface area (Å²) >= 11 is 4.60. The number of hydrogen-bond acceptors (Lipinski definition) is 5. The summed E-state index contributed by atoms with van der Waals surface area (Å²) in [5.74, 6) is 0.282. The molecule has 0 radical (unpaired) electrons. The van der Waals surface area contributed by atoms with Gasteiger partial charge in [0.1, 0.15) is 0 Å². The maximum absolute atomic E-state index is 11.5. The molecule has 0 aliphatic heterocycles. The highest BCUT2D eigenvalue weighted by Crippen LogP contribution is 2.20. The van der Waals surface area contributed by atoms with Crippen molar-refractivity contribution in [3.05, 3.63) is 15.0 Å². The normalized spacial score (nSPS) is 14.5. The summed E-state index contributed by atoms with van der Waals surface area (Å²) in [7, 11) is -2.41. The minimum atomic E-state index is -2.41. The monoisotopic (exact) mass is 279 g/mol. The molecular weight excluding hydrogens is 274 g/mol. The van der Waals surface area contributed by atoms with Gasteiger partial charge in [-0.05, 0) is 15.9 Å². The Morgan fingerprint density at radius 1 is 1.92 bits per heavy atom. The fourth-order valence-corrected chi connectivity index (χ4v) is 3.62. The summed E-state index contributed by atoms with van der Waals surface area (Å²) in [4.78, 5) is 4.81. The average Bonchev–Trinajstić information content (AvgIpc) is 2.34. The Hall–Kier alpha value is -0.450. The van der Waals surface area contributed by atoms with Crippen LogP contribution >= 0.6 is 27.3 Å². The second kappa shape index (κ2) is 4.17. The minimum absolute atomic E-state index is 0.282. The predicted molar refractivity (Wildman–Crippen MR) is 55.6 cm³/mol. The maximum Gasteiger partial charge on any atom is 0.214 e. The van der Waals surface area contributed by atoms with Gasteiger partial charge in [-0.15, -0.1) is 15.7 Å². The van der Waals surface area contributed by atoms with Gasteiger partial charge in [0.05, 0.1) is 15.5 Å². The zero-order valence-corrected chi connectivity index (χ0v) is 9.95. The molecule has 0 saturated carbocycles. The summed E-state index contributed by atoms with van der Waals surface area (Å²) in [6.07, 6.45) is 4.65. The molecule has 0 spiro atoms. The van der Waals surface area contributed by atoms with Gasteiger partial charge in [0, 0.05) is 17.3 Å². The SMILES string of the molecule is CS(=O)(Cc1cnc(Br)s1)=NC#N. The molecule has 1 atom stereocenters. The Morgan fingerprint density at radius 2 is 2.62 bits per heavy atom. The van der Waals surface area contributed by atoms with E-state index < -0.39 is 9.73 Å². The van der Waals surface area contributed by atoms with Gasteiger partial charge in [-0.3, -0.25) is 0 Å². The molecule has 0 aliphatic carbocycles. The van der Waals surface area contributed by atoms with Crippen molar-refractivity contribution in [3.8, 4) is 6.19 Å². The van der Waals surface area contributed by atoms with E-state index >= 15 is 0 Å². The van der Waals surface area contributed by atoms with Crippen LogP contribution in [0.2, 0.25) is 0 Å². The van der Waals surface area contributed by atoms with E-state index in [2.05, 4.69) is 25.3 Å². The lowest BCUT2D eigenvalue weighted by atomic mass is 10.6. The summed E-state index contributed by atoms with van der Waals surface area (Å²) in [5.41, 5.74) is 0. The number of thiazole rings is 1. The first-order valence-corrected chi connectivity index (χ1v) is 6.92. The Labute approximate surface area is 88.9 Å². The Morgan fingerprint density at radius 3 is 3.08 bits per heavy atom. The van der Waals surface area contributed by atoms with Crippen LogP contribution in [-0.2, 0) is 15.5 Å². The van der Waals surface area contributed by atoms with Gasteiger partial charge in [-0.2, -0.15) is 5.26 Å². The van der Waals surface area contributed by atoms with Crippen LogP contribution in [0.5, 0.6) is 0 Å². The molecular formula is C6H6BrN3OS2. The highest BCUT2D eigenvalue weighted by molar-refractivity contribution is 9.11. The average molecular weight is 280 g/mol. The molecule has 0 saturated heterocycles. The van der Waals surface area contributed by atoms with Crippen molar-refractivity contribution >= 4 is 37.0 Å². The van der Waals surface area contributed by atoms with Crippen molar-refractivity contribution < 1.29 is 4.21 Å². The minimum Gasteiger partial charge on any atom is -0.249 e. The molecule has 0 aromatic carbocycles. The molecule has 1 heterocycles. The first-order chi connectivity index (χ1) is 6.03. The molecule has 0 aliphatic rings. The number of halogens is 1. The third-order valence-corrected chi connectivity index (χ3v) is 4.14. The van der Waals surface area contributed by atoms with Gasteiger partial charge >= 0.3 is 0 Å². The van der Waals surface area contributed by atoms with Crippen LogP contribution in [-0.4, -0.2) is 15.4 Å². The lowest BCUT2D eigenvalue weighted by Gasteiger charge is -1.95. The third-order valence-electron chi connectivity index (χ3n) is 1.17. The van der Waals surface area contributed by atoms with Crippen LogP contribution in [0.25, 0.3) is 0 Å². The van der Waals surface area contributed by atoms with E-state index in [4.69, 9.17) is 5.26 Å². The van der Waals surface area contributed by atoms with Gasteiger partial charge in [0.15, 0.2) is 3.92 Å². The predicted octanol–water partition coefficient (Wildman–Crippen LogP) is 1.98. The smallest absolute Gasteiger partial charge is 0.214 e. The zero-order valence-electron chi connectivity index (χ0n) is 6.73. The van der Waals surface area contributed by atoms with E-state index in [-0.39, 0.29) is 5.75 Å². The lowest BCUT2D eigenvalue weighted by Crippen LogP contribution is -1.98. The molecule has 0 N–H and O–H groups in total. The number of rotatable bonds is 2. The topological polar surface area (TPSA) is 66.1 Å². The molecule has 4 nitrogen and oxygen atoms in total. The maximum atomic E-state index is 11.5. The first kappa shape index (κ1) is 10.6. The second-order valence-electron chi connectivity index (χ2n) is 2.37. The van der Waals surface area contributed by atoms with Crippen LogP contribution in [0.3, 0.4) is 0 Å². The summed E-state index contributed by atoms with van der Waals surface area (Å²) in [6, 6.07) is 0. The van der Waals surface area contributed by atoms with E-state index in [1.54, 1.807) is 12.4 Å². The molecule has 70 valence electrons. The quantitative estimate of drug-likeness (QED) is 0.778. The molecule has 0 amide bonds. The molecule has 1 rings (SSSR count). The fraction of sp³-hybridized carbons (Fsp3) is 0.333. The number of nitrogens with zero attached hydrogens (tertiary/aromatic N) is 3. The largest absolute Gasteiger partial charge is 0.249 e. The Balaban J connectivity index is 2.89. The summed E-state index contributed by atoms with van der Waals surface area (Å²) in [5, 5.41) is 8.27. The van der Waals surface area contributed by atoms with Crippen molar-refractivity contribution in [3.63, 3.8) is 0 Å². The number of nitriles is 1. The highest BCUT2D eigenvalue weighted by atomic mass is 79.9. The highest BCUT2D eigenvalue weighted by Gasteiger charge is 2.06. The summed E-state index contributed by atoms with van der Waals surface area (Å²) in [6.45, 7) is 0. The Kier molecular flexibility index (Phi) is 3.41. The van der Waals surface area contributed by atoms with Crippen molar-refractivity contribution in [2.75, 3.05) is 6.26 Å². The summed E-state index contributed by atoms with van der Waals surface area (Å²) < 4.78 is 15.6. The third kappa shape index (κ3) is 3.42. The van der Waals surface area contributed by atoms with Gasteiger partial charge < -0.3 is 0 Å². The van der Waals surface area contributed by atoms with Crippen LogP contribution < -0.4 is 0 Å². The van der Waals surface area contributed by atoms with Crippen LogP contribution in [0.1, 0.15) is 4.88 Å². The van der Waals surface area contributed by atoms with Crippen LogP contribution in [0.15, 0.2) is 14.5 Å². The number of aromatic nitrogens is 1. The van der Waals surface area contributed by atoms with Crippen LogP contribution in [0.4, 0.5) is 0 Å². The second-order valence-corrected chi connectivity index (χ2v) is 7.16. The van der Waals surface area contributed by atoms with Crippen molar-refractivity contribution in [1.82, 2.24) is 4.98 Å². The van der Waals surface area contributed by atoms with Gasteiger partial charge in [0.25, 0.3) is 0 Å². The first-order valence-electron chi connectivity index (χ1n) is 3.21. The fourth-order valence-electron chi connectivity index (χ4n) is 0.733. The Bertz CT molecular complexity index is 453. The van der Waals surface area contributed by atoms with Gasteiger partial charge in [-0.1, -0.05) is 0 Å². The van der Waals surface area contributed by atoms with Crippen molar-refractivity contribution in [2.24, 2.45) is 4.36 Å². The molecule has 0 fully saturated rings. The lowest BCUT2D eigenvalue weighted by molar-refractivity contribution is 0.680. The molecule has 7 heteroatoms. The molecule has 13 heavy (non-hydrogen) atoms. The molecule has 1 aromatic rings. The number of hydrogen-bond donors (Lipinski definition) is 0. The van der Waals surface area contributed by atoms with Gasteiger partial charge in [0.2, 0.25) is 6.19 Å². The van der Waals surface area contributed by atoms with Crippen molar-refractivity contribution in [1.29, 1.82) is 5.26 Å². The van der Waals surface area contributed by atoms with Crippen molar-refractivity contribution in [2.45, 2.75) is 5.75 Å². The van der Waals surface area contributed by atoms with Gasteiger partial charge in [-0.25, -0.2) is 9.19 Å². The van der Waals surface area contributed by atoms with E-state index in [0.717, 1.165) is 8.79 Å². The molecule has 0 bridgehead atoms. The van der Waals surface area contributed by atoms with E-state index in [1.807, 2.05) is 0 Å². The van der Waals surface area contributed by atoms with Crippen LogP contribution in [0, 0.1) is 11.5 Å². The van der Waals surface area contributed by atoms with E-state index in [1.165, 1.54) is 17.6 Å². The molecule has 1 aromatic heterocycles. The molecule has 1 unspecified atom stereocenters. The van der Waals surface area contributed by atoms with E-state index in [0.29, 0.717) is 0 Å². The zero-order chi connectivity index (χ0) is 9.90. The van der Waals surface area contributed by atoms with E-state index in [9.17, 15) is 4.21 Å². The standard InChI is InChI=1S/C6H6BrN3OS2/c1-13(11,10-4-8)3-5-2-9-6(7)12-5/h2H,3H2,1H3.